The summed E-state index contributed by atoms with van der Waals surface area (Å²) in [5.41, 5.74) is 6.49. The Morgan fingerprint density at radius 3 is 2.85 bits per heavy atom. The van der Waals surface area contributed by atoms with Crippen molar-refractivity contribution in [2.75, 3.05) is 5.32 Å². The summed E-state index contributed by atoms with van der Waals surface area (Å²) in [5.74, 6) is -0.617. The molecule has 0 unspecified atom stereocenters. The third kappa shape index (κ3) is 4.50. The Labute approximate surface area is 151 Å². The van der Waals surface area contributed by atoms with Gasteiger partial charge < -0.3 is 5.32 Å². The molecule has 1 heterocycles. The maximum Gasteiger partial charge on any atom is 0.291 e. The van der Waals surface area contributed by atoms with Crippen molar-refractivity contribution in [3.63, 3.8) is 0 Å². The van der Waals surface area contributed by atoms with Gasteiger partial charge in [0.1, 0.15) is 5.69 Å². The van der Waals surface area contributed by atoms with E-state index >= 15 is 0 Å². The molecule has 0 bridgehead atoms. The molecule has 0 saturated heterocycles. The smallest absolute Gasteiger partial charge is 0.291 e. The lowest BCUT2D eigenvalue weighted by molar-refractivity contribution is -0.115. The number of nitrogens with zero attached hydrogens (tertiary/aromatic N) is 3. The van der Waals surface area contributed by atoms with E-state index in [9.17, 15) is 9.59 Å². The number of rotatable bonds is 5. The molecular formula is C19H21N5O2. The van der Waals surface area contributed by atoms with Crippen LogP contribution in [-0.2, 0) is 17.6 Å². The molecule has 2 N–H and O–H groups in total. The summed E-state index contributed by atoms with van der Waals surface area (Å²) in [6, 6.07) is 6.03. The number of carbonyl (C=O) groups is 2. The Morgan fingerprint density at radius 1 is 1.19 bits per heavy atom. The summed E-state index contributed by atoms with van der Waals surface area (Å²) in [7, 11) is 0. The van der Waals surface area contributed by atoms with Crippen molar-refractivity contribution >= 4 is 23.2 Å². The summed E-state index contributed by atoms with van der Waals surface area (Å²) < 4.78 is 0. The van der Waals surface area contributed by atoms with Gasteiger partial charge in [-0.3, -0.25) is 14.6 Å². The molecule has 0 aliphatic heterocycles. The second kappa shape index (κ2) is 8.33. The first-order chi connectivity index (χ1) is 12.6. The molecule has 0 radical (unpaired) electrons. The number of hydrazone groups is 1. The Morgan fingerprint density at radius 2 is 2.04 bits per heavy atom. The fourth-order valence-corrected chi connectivity index (χ4v) is 2.98. The van der Waals surface area contributed by atoms with Gasteiger partial charge in [0.25, 0.3) is 5.91 Å². The Kier molecular flexibility index (Phi) is 5.68. The summed E-state index contributed by atoms with van der Waals surface area (Å²) in [6.45, 7) is 1.69. The highest BCUT2D eigenvalue weighted by Gasteiger charge is 2.15. The third-order valence-electron chi connectivity index (χ3n) is 4.23. The number of nitrogens with one attached hydrogen (secondary N) is 2. The molecule has 134 valence electrons. The molecule has 0 saturated carbocycles. The lowest BCUT2D eigenvalue weighted by Gasteiger charge is -2.19. The van der Waals surface area contributed by atoms with Crippen LogP contribution in [0.4, 0.5) is 5.69 Å². The molecule has 2 aromatic rings. The van der Waals surface area contributed by atoms with E-state index in [1.54, 1.807) is 6.92 Å². The van der Waals surface area contributed by atoms with Gasteiger partial charge in [-0.2, -0.15) is 5.10 Å². The average Bonchev–Trinajstić information content (AvgIpc) is 2.67. The average molecular weight is 351 g/mol. The zero-order valence-electron chi connectivity index (χ0n) is 14.7. The molecule has 7 nitrogen and oxygen atoms in total. The molecule has 7 heteroatoms. The molecule has 3 rings (SSSR count). The van der Waals surface area contributed by atoms with Gasteiger partial charge in [0.2, 0.25) is 5.91 Å². The normalized spacial score (nSPS) is 13.7. The van der Waals surface area contributed by atoms with Gasteiger partial charge >= 0.3 is 0 Å². The summed E-state index contributed by atoms with van der Waals surface area (Å²) in [5, 5.41) is 6.92. The largest absolute Gasteiger partial charge is 0.325 e. The number of anilines is 1. The quantitative estimate of drug-likeness (QED) is 0.639. The van der Waals surface area contributed by atoms with Crippen molar-refractivity contribution in [3.05, 3.63) is 53.6 Å². The molecular weight excluding hydrogens is 330 g/mol. The van der Waals surface area contributed by atoms with E-state index in [2.05, 4.69) is 31.9 Å². The van der Waals surface area contributed by atoms with Crippen LogP contribution in [0.5, 0.6) is 0 Å². The molecule has 0 atom stereocenters. The first-order valence-electron chi connectivity index (χ1n) is 8.63. The topological polar surface area (TPSA) is 96.3 Å². The van der Waals surface area contributed by atoms with Gasteiger partial charge in [-0.15, -0.1) is 0 Å². The Balaban J connectivity index is 1.57. The predicted molar refractivity (Wildman–Crippen MR) is 98.9 cm³/mol. The SMILES string of the molecule is CC(CC(=O)Nc1cccc2c1CCCC2)=NNC(=O)c1cnccn1. The number of amides is 2. The van der Waals surface area contributed by atoms with Gasteiger partial charge in [0, 0.05) is 23.8 Å². The van der Waals surface area contributed by atoms with E-state index in [1.165, 1.54) is 36.1 Å². The molecule has 26 heavy (non-hydrogen) atoms. The van der Waals surface area contributed by atoms with E-state index < -0.39 is 5.91 Å². The van der Waals surface area contributed by atoms with Crippen molar-refractivity contribution in [3.8, 4) is 0 Å². The van der Waals surface area contributed by atoms with Crippen LogP contribution in [0, 0.1) is 0 Å². The van der Waals surface area contributed by atoms with Crippen molar-refractivity contribution in [2.24, 2.45) is 5.10 Å². The maximum absolute atomic E-state index is 12.3. The molecule has 1 aromatic carbocycles. The summed E-state index contributed by atoms with van der Waals surface area (Å²) >= 11 is 0. The van der Waals surface area contributed by atoms with Crippen molar-refractivity contribution in [1.29, 1.82) is 0 Å². The second-order valence-corrected chi connectivity index (χ2v) is 6.25. The van der Waals surface area contributed by atoms with Crippen LogP contribution in [0.15, 0.2) is 41.9 Å². The van der Waals surface area contributed by atoms with Gasteiger partial charge in [-0.25, -0.2) is 10.4 Å². The fourth-order valence-electron chi connectivity index (χ4n) is 2.98. The fraction of sp³-hybridized carbons (Fsp3) is 0.316. The highest BCUT2D eigenvalue weighted by Crippen LogP contribution is 2.27. The Bertz CT molecular complexity index is 833. The first kappa shape index (κ1) is 17.7. The Hall–Kier alpha value is -3.09. The lowest BCUT2D eigenvalue weighted by Crippen LogP contribution is -2.22. The van der Waals surface area contributed by atoms with Gasteiger partial charge in [0.15, 0.2) is 0 Å². The minimum atomic E-state index is -0.463. The number of aromatic nitrogens is 2. The van der Waals surface area contributed by atoms with Gasteiger partial charge in [-0.1, -0.05) is 12.1 Å². The monoisotopic (exact) mass is 351 g/mol. The minimum Gasteiger partial charge on any atom is -0.325 e. The van der Waals surface area contributed by atoms with Crippen LogP contribution in [0.25, 0.3) is 0 Å². The van der Waals surface area contributed by atoms with E-state index in [0.717, 1.165) is 24.9 Å². The highest BCUT2D eigenvalue weighted by atomic mass is 16.2. The third-order valence-corrected chi connectivity index (χ3v) is 4.23. The van der Waals surface area contributed by atoms with Crippen LogP contribution in [0.1, 0.15) is 47.8 Å². The van der Waals surface area contributed by atoms with Crippen LogP contribution in [-0.4, -0.2) is 27.5 Å². The van der Waals surface area contributed by atoms with E-state index in [1.807, 2.05) is 12.1 Å². The van der Waals surface area contributed by atoms with Crippen LogP contribution in [0.3, 0.4) is 0 Å². The van der Waals surface area contributed by atoms with Crippen molar-refractivity contribution < 1.29 is 9.59 Å². The van der Waals surface area contributed by atoms with Crippen molar-refractivity contribution in [1.82, 2.24) is 15.4 Å². The molecule has 1 aromatic heterocycles. The van der Waals surface area contributed by atoms with Crippen LogP contribution in [0.2, 0.25) is 0 Å². The van der Waals surface area contributed by atoms with Gasteiger partial charge in [0.05, 0.1) is 12.6 Å². The zero-order chi connectivity index (χ0) is 18.4. The van der Waals surface area contributed by atoms with E-state index in [-0.39, 0.29) is 18.0 Å². The zero-order valence-corrected chi connectivity index (χ0v) is 14.7. The molecule has 2 amide bonds. The number of carbonyl (C=O) groups excluding carboxylic acids is 2. The summed E-state index contributed by atoms with van der Waals surface area (Å²) in [6.07, 6.45) is 8.77. The highest BCUT2D eigenvalue weighted by molar-refractivity contribution is 6.06. The molecule has 0 spiro atoms. The number of hydrogen-bond acceptors (Lipinski definition) is 5. The molecule has 0 fully saturated rings. The lowest BCUT2D eigenvalue weighted by atomic mass is 9.90. The number of fused-ring (bicyclic) bond motifs is 1. The number of benzene rings is 1. The molecule has 1 aliphatic rings. The minimum absolute atomic E-state index is 0.102. The summed E-state index contributed by atoms with van der Waals surface area (Å²) in [4.78, 5) is 31.9. The van der Waals surface area contributed by atoms with Crippen molar-refractivity contribution in [2.45, 2.75) is 39.0 Å². The number of hydrogen-bond donors (Lipinski definition) is 2. The van der Waals surface area contributed by atoms with E-state index in [0.29, 0.717) is 5.71 Å². The second-order valence-electron chi connectivity index (χ2n) is 6.25. The predicted octanol–water partition coefficient (Wildman–Crippen LogP) is 2.49. The van der Waals surface area contributed by atoms with Crippen LogP contribution < -0.4 is 10.7 Å². The van der Waals surface area contributed by atoms with Gasteiger partial charge in [-0.05, 0) is 49.8 Å². The maximum atomic E-state index is 12.3. The standard InChI is InChI=1S/C19H21N5O2/c1-13(23-24-19(26)17-12-20-9-10-21-17)11-18(25)22-16-8-4-6-14-5-2-3-7-15(14)16/h4,6,8-10,12H,2-3,5,7,11H2,1H3,(H,22,25)(H,24,26). The number of aryl methyl sites for hydroxylation is 1. The first-order valence-corrected chi connectivity index (χ1v) is 8.63. The van der Waals surface area contributed by atoms with E-state index in [4.69, 9.17) is 0 Å². The molecule has 1 aliphatic carbocycles. The van der Waals surface area contributed by atoms with Crippen LogP contribution >= 0.6 is 0 Å².